The summed E-state index contributed by atoms with van der Waals surface area (Å²) in [4.78, 5) is 27.9. The van der Waals surface area contributed by atoms with Crippen LogP contribution < -0.4 is 10.9 Å². The Kier molecular flexibility index (Phi) is 4.31. The molecule has 19 heavy (non-hydrogen) atoms. The predicted molar refractivity (Wildman–Crippen MR) is 70.9 cm³/mol. The molecule has 2 rings (SSSR count). The van der Waals surface area contributed by atoms with Crippen LogP contribution in [0.25, 0.3) is 0 Å². The van der Waals surface area contributed by atoms with E-state index in [4.69, 9.17) is 4.74 Å². The van der Waals surface area contributed by atoms with Crippen molar-refractivity contribution in [2.75, 3.05) is 11.9 Å². The van der Waals surface area contributed by atoms with Gasteiger partial charge in [-0.05, 0) is 19.3 Å². The topological polar surface area (TPSA) is 73.2 Å². The Bertz CT molecular complexity index is 512. The third kappa shape index (κ3) is 3.01. The van der Waals surface area contributed by atoms with Crippen molar-refractivity contribution in [3.8, 4) is 0 Å². The second-order valence-electron chi connectivity index (χ2n) is 4.75. The third-order valence-corrected chi connectivity index (χ3v) is 3.44. The van der Waals surface area contributed by atoms with Gasteiger partial charge >= 0.3 is 0 Å². The molecular formula is C13H19N3O3. The molecule has 1 aliphatic rings. The Morgan fingerprint density at radius 1 is 1.63 bits per heavy atom. The van der Waals surface area contributed by atoms with Gasteiger partial charge in [-0.25, -0.2) is 4.98 Å². The number of nitrogens with zero attached hydrogens (tertiary/aromatic N) is 2. The van der Waals surface area contributed by atoms with Gasteiger partial charge in [-0.1, -0.05) is 6.92 Å². The molecule has 1 fully saturated rings. The van der Waals surface area contributed by atoms with E-state index >= 15 is 0 Å². The number of amides is 1. The van der Waals surface area contributed by atoms with Gasteiger partial charge in [0, 0.05) is 26.0 Å². The molecule has 2 atom stereocenters. The van der Waals surface area contributed by atoms with E-state index in [0.717, 1.165) is 19.3 Å². The van der Waals surface area contributed by atoms with Gasteiger partial charge in [0.05, 0.1) is 12.0 Å². The molecule has 0 saturated carbocycles. The first kappa shape index (κ1) is 13.7. The summed E-state index contributed by atoms with van der Waals surface area (Å²) in [5, 5.41) is 2.62. The highest BCUT2D eigenvalue weighted by atomic mass is 16.5. The largest absolute Gasteiger partial charge is 0.377 e. The molecule has 1 N–H and O–H groups in total. The van der Waals surface area contributed by atoms with Crippen LogP contribution in [0.15, 0.2) is 17.2 Å². The number of hydrogen-bond acceptors (Lipinski definition) is 4. The van der Waals surface area contributed by atoms with Gasteiger partial charge in [-0.15, -0.1) is 0 Å². The van der Waals surface area contributed by atoms with E-state index in [9.17, 15) is 9.59 Å². The summed E-state index contributed by atoms with van der Waals surface area (Å²) in [6.07, 6.45) is 5.42. The number of carbonyl (C=O) groups excluding carboxylic acids is 1. The van der Waals surface area contributed by atoms with Gasteiger partial charge in [0.15, 0.2) is 5.82 Å². The molecule has 1 saturated heterocycles. The van der Waals surface area contributed by atoms with Crippen molar-refractivity contribution in [2.45, 2.75) is 32.3 Å². The lowest BCUT2D eigenvalue weighted by molar-refractivity contribution is -0.129. The highest BCUT2D eigenvalue weighted by molar-refractivity contribution is 5.91. The molecule has 0 radical (unpaired) electrons. The molecule has 1 amide bonds. The minimum atomic E-state index is -0.305. The lowest BCUT2D eigenvalue weighted by atomic mass is 9.92. The molecule has 6 nitrogen and oxygen atoms in total. The van der Waals surface area contributed by atoms with E-state index in [1.54, 1.807) is 13.2 Å². The molecule has 0 unspecified atom stereocenters. The fraction of sp³-hybridized carbons (Fsp3) is 0.615. The molecule has 0 bridgehead atoms. The Balaban J connectivity index is 2.12. The minimum absolute atomic E-state index is 0.0682. The van der Waals surface area contributed by atoms with Crippen molar-refractivity contribution in [3.05, 3.63) is 22.7 Å². The van der Waals surface area contributed by atoms with E-state index in [2.05, 4.69) is 10.3 Å². The molecule has 1 aromatic heterocycles. The van der Waals surface area contributed by atoms with Crippen LogP contribution in [0.2, 0.25) is 0 Å². The normalized spacial score (nSPS) is 23.1. The smallest absolute Gasteiger partial charge is 0.293 e. The lowest BCUT2D eigenvalue weighted by Gasteiger charge is -2.29. The maximum atomic E-state index is 12.2. The Morgan fingerprint density at radius 2 is 2.42 bits per heavy atom. The molecule has 1 aromatic rings. The summed E-state index contributed by atoms with van der Waals surface area (Å²) in [7, 11) is 1.62. The van der Waals surface area contributed by atoms with E-state index in [0.29, 0.717) is 6.61 Å². The van der Waals surface area contributed by atoms with Crippen LogP contribution >= 0.6 is 0 Å². The molecule has 2 heterocycles. The number of ether oxygens (including phenoxy) is 1. The predicted octanol–water partition coefficient (Wildman–Crippen LogP) is 0.924. The first-order chi connectivity index (χ1) is 9.13. The number of aromatic nitrogens is 2. The molecule has 1 aliphatic heterocycles. The first-order valence-corrected chi connectivity index (χ1v) is 6.57. The highest BCUT2D eigenvalue weighted by Gasteiger charge is 2.31. The molecule has 0 aromatic carbocycles. The van der Waals surface area contributed by atoms with Crippen molar-refractivity contribution < 1.29 is 9.53 Å². The van der Waals surface area contributed by atoms with Gasteiger partial charge in [0.25, 0.3) is 5.56 Å². The summed E-state index contributed by atoms with van der Waals surface area (Å²) in [5.74, 6) is -0.303. The minimum Gasteiger partial charge on any atom is -0.377 e. The van der Waals surface area contributed by atoms with Crippen LogP contribution in [0.3, 0.4) is 0 Å². The number of hydrogen-bond donors (Lipinski definition) is 1. The van der Waals surface area contributed by atoms with E-state index in [1.165, 1.54) is 10.8 Å². The van der Waals surface area contributed by atoms with Crippen LogP contribution in [0, 0.1) is 5.92 Å². The number of carbonyl (C=O) groups is 1. The van der Waals surface area contributed by atoms with Crippen molar-refractivity contribution in [1.82, 2.24) is 9.55 Å². The van der Waals surface area contributed by atoms with Crippen LogP contribution in [0.1, 0.15) is 26.2 Å². The average Bonchev–Trinajstić information content (AvgIpc) is 2.43. The van der Waals surface area contributed by atoms with Crippen molar-refractivity contribution in [2.24, 2.45) is 13.0 Å². The number of rotatable bonds is 3. The second kappa shape index (κ2) is 5.97. The van der Waals surface area contributed by atoms with Gasteiger partial charge in [0.2, 0.25) is 5.91 Å². The monoisotopic (exact) mass is 265 g/mol. The molecular weight excluding hydrogens is 246 g/mol. The molecule has 6 heteroatoms. The summed E-state index contributed by atoms with van der Waals surface area (Å²) in [5.41, 5.74) is -0.305. The van der Waals surface area contributed by atoms with Crippen molar-refractivity contribution in [1.29, 1.82) is 0 Å². The maximum absolute atomic E-state index is 12.2. The SMILES string of the molecule is CC[C@@H]1OCCC[C@H]1C(=O)Nc1nccn(C)c1=O. The quantitative estimate of drug-likeness (QED) is 0.882. The van der Waals surface area contributed by atoms with Gasteiger partial charge < -0.3 is 14.6 Å². The maximum Gasteiger partial charge on any atom is 0.293 e. The molecule has 104 valence electrons. The van der Waals surface area contributed by atoms with Crippen LogP contribution in [0.4, 0.5) is 5.82 Å². The van der Waals surface area contributed by atoms with Gasteiger partial charge in [-0.2, -0.15) is 0 Å². The van der Waals surface area contributed by atoms with E-state index in [1.807, 2.05) is 6.92 Å². The second-order valence-corrected chi connectivity index (χ2v) is 4.75. The Morgan fingerprint density at radius 3 is 3.16 bits per heavy atom. The van der Waals surface area contributed by atoms with Crippen LogP contribution in [0.5, 0.6) is 0 Å². The first-order valence-electron chi connectivity index (χ1n) is 6.57. The fourth-order valence-electron chi connectivity index (χ4n) is 2.34. The standard InChI is InChI=1S/C13H19N3O3/c1-3-10-9(5-4-8-19-10)12(17)15-11-13(18)16(2)7-6-14-11/h6-7,9-10H,3-5,8H2,1-2H3,(H,14,15,17)/t9-,10+/m1/s1. The zero-order valence-corrected chi connectivity index (χ0v) is 11.3. The van der Waals surface area contributed by atoms with Crippen molar-refractivity contribution in [3.63, 3.8) is 0 Å². The summed E-state index contributed by atoms with van der Waals surface area (Å²) < 4.78 is 6.97. The number of nitrogens with one attached hydrogen (secondary N) is 1. The number of aryl methyl sites for hydroxylation is 1. The molecule has 0 spiro atoms. The fourth-order valence-corrected chi connectivity index (χ4v) is 2.34. The summed E-state index contributed by atoms with van der Waals surface area (Å²) >= 11 is 0. The van der Waals surface area contributed by atoms with E-state index < -0.39 is 0 Å². The van der Waals surface area contributed by atoms with Crippen LogP contribution in [-0.2, 0) is 16.6 Å². The number of anilines is 1. The van der Waals surface area contributed by atoms with Crippen LogP contribution in [-0.4, -0.2) is 28.2 Å². The van der Waals surface area contributed by atoms with E-state index in [-0.39, 0.29) is 29.3 Å². The van der Waals surface area contributed by atoms with Gasteiger partial charge in [-0.3, -0.25) is 9.59 Å². The van der Waals surface area contributed by atoms with Crippen molar-refractivity contribution >= 4 is 11.7 Å². The molecule has 0 aliphatic carbocycles. The summed E-state index contributed by atoms with van der Waals surface area (Å²) in [6, 6.07) is 0. The summed E-state index contributed by atoms with van der Waals surface area (Å²) in [6.45, 7) is 2.70. The lowest BCUT2D eigenvalue weighted by Crippen LogP contribution is -2.39. The average molecular weight is 265 g/mol. The highest BCUT2D eigenvalue weighted by Crippen LogP contribution is 2.24. The van der Waals surface area contributed by atoms with Gasteiger partial charge in [0.1, 0.15) is 0 Å². The zero-order valence-electron chi connectivity index (χ0n) is 11.3. The Hall–Kier alpha value is -1.69. The Labute approximate surface area is 111 Å². The zero-order chi connectivity index (χ0) is 13.8. The third-order valence-electron chi connectivity index (χ3n) is 3.44.